The Morgan fingerprint density at radius 3 is 1.81 bits per heavy atom. The van der Waals surface area contributed by atoms with Crippen molar-refractivity contribution in [3.8, 4) is 22.9 Å². The van der Waals surface area contributed by atoms with Gasteiger partial charge in [-0.1, -0.05) is 63.8 Å². The molecule has 0 atom stereocenters. The van der Waals surface area contributed by atoms with Crippen LogP contribution >= 0.6 is 0 Å². The van der Waals surface area contributed by atoms with Crippen molar-refractivity contribution in [3.63, 3.8) is 0 Å². The predicted octanol–water partition coefficient (Wildman–Crippen LogP) is 3.86. The van der Waals surface area contributed by atoms with Gasteiger partial charge in [-0.05, 0) is 0 Å². The zero-order valence-electron chi connectivity index (χ0n) is 11.4. The Morgan fingerprint density at radius 2 is 1.44 bits per heavy atom. The monoisotopic (exact) mass is 246 g/mol. The molecule has 2 heteroatoms. The molecule has 0 bridgehead atoms. The van der Waals surface area contributed by atoms with E-state index in [-0.39, 0.29) is 0 Å². The van der Waals surface area contributed by atoms with Gasteiger partial charge < -0.3 is 0 Å². The Bertz CT molecular complexity index is 392. The van der Waals surface area contributed by atoms with Crippen LogP contribution in [0, 0.1) is 22.9 Å². The number of hydrogen-bond acceptors (Lipinski definition) is 0. The molecular weight excluding hydrogens is 224 g/mol. The van der Waals surface area contributed by atoms with Crippen LogP contribution in [0.3, 0.4) is 0 Å². The predicted molar refractivity (Wildman–Crippen MR) is 80.5 cm³/mol. The fourth-order valence-corrected chi connectivity index (χ4v) is 1.76. The van der Waals surface area contributed by atoms with Crippen LogP contribution in [0.4, 0.5) is 0 Å². The number of hydrogen-bond donors (Lipinski definition) is 0. The summed E-state index contributed by atoms with van der Waals surface area (Å²) in [5.41, 5.74) is 7.54. The third-order valence-corrected chi connectivity index (χ3v) is 3.25. The molecule has 0 aliphatic heterocycles. The molecule has 0 spiro atoms. The normalized spacial score (nSPS) is 12.0. The van der Waals surface area contributed by atoms with Crippen molar-refractivity contribution in [2.24, 2.45) is 0 Å². The summed E-state index contributed by atoms with van der Waals surface area (Å²) >= 11 is 0. The van der Waals surface area contributed by atoms with E-state index in [9.17, 15) is 0 Å². The molecule has 0 aromatic rings. The second-order valence-corrected chi connectivity index (χ2v) is 15.3. The molecule has 0 aliphatic carbocycles. The molecule has 0 unspecified atom stereocenters. The molecule has 0 N–H and O–H groups in total. The summed E-state index contributed by atoms with van der Waals surface area (Å²) in [5.74, 6) is 6.27. The Balaban J connectivity index is 4.86. The van der Waals surface area contributed by atoms with E-state index in [0.29, 0.717) is 0 Å². The van der Waals surface area contributed by atoms with E-state index in [1.807, 2.05) is 6.08 Å². The maximum Gasteiger partial charge on any atom is 0.129 e. The summed E-state index contributed by atoms with van der Waals surface area (Å²) in [7, 11) is -2.58. The lowest BCUT2D eigenvalue weighted by Gasteiger charge is -2.03. The second kappa shape index (κ2) is 5.94. The van der Waals surface area contributed by atoms with Crippen molar-refractivity contribution in [1.82, 2.24) is 0 Å². The van der Waals surface area contributed by atoms with Gasteiger partial charge in [0.15, 0.2) is 0 Å². The minimum absolute atomic E-state index is 0.938. The summed E-state index contributed by atoms with van der Waals surface area (Å²) in [6.07, 6.45) is 3.67. The van der Waals surface area contributed by atoms with Crippen LogP contribution in [0.25, 0.3) is 0 Å². The SMILES string of the molecule is C=C/C(C#C[Si](C)(C)C)=C/C#C[Si](C)(C)C. The quantitative estimate of drug-likeness (QED) is 0.374. The van der Waals surface area contributed by atoms with E-state index in [4.69, 9.17) is 0 Å². The third-order valence-electron chi connectivity index (χ3n) is 1.48. The highest BCUT2D eigenvalue weighted by Crippen LogP contribution is 2.00. The lowest BCUT2D eigenvalue weighted by Crippen LogP contribution is -2.16. The van der Waals surface area contributed by atoms with Crippen molar-refractivity contribution in [3.05, 3.63) is 24.3 Å². The number of allylic oxidation sites excluding steroid dienone is 3. The Morgan fingerprint density at radius 1 is 0.938 bits per heavy atom. The van der Waals surface area contributed by atoms with Crippen molar-refractivity contribution in [2.45, 2.75) is 39.3 Å². The van der Waals surface area contributed by atoms with Gasteiger partial charge in [0.05, 0.1) is 0 Å². The summed E-state index contributed by atoms with van der Waals surface area (Å²) in [6, 6.07) is 0. The first kappa shape index (κ1) is 15.0. The first-order valence-electron chi connectivity index (χ1n) is 5.52. The van der Waals surface area contributed by atoms with Gasteiger partial charge in [-0.25, -0.2) is 0 Å². The van der Waals surface area contributed by atoms with Crippen molar-refractivity contribution >= 4 is 16.1 Å². The Hall–Kier alpha value is -0.966. The zero-order chi connectivity index (χ0) is 12.8. The summed E-state index contributed by atoms with van der Waals surface area (Å²) in [6.45, 7) is 17.2. The smallest absolute Gasteiger partial charge is 0.127 e. The third kappa shape index (κ3) is 9.58. The van der Waals surface area contributed by atoms with Gasteiger partial charge in [0, 0.05) is 11.6 Å². The van der Waals surface area contributed by atoms with Gasteiger partial charge >= 0.3 is 0 Å². The molecule has 16 heavy (non-hydrogen) atoms. The van der Waals surface area contributed by atoms with Gasteiger partial charge in [-0.3, -0.25) is 0 Å². The highest BCUT2D eigenvalue weighted by molar-refractivity contribution is 6.84. The molecule has 0 saturated heterocycles. The maximum atomic E-state index is 3.76. The molecular formula is C14H22Si2. The van der Waals surface area contributed by atoms with Gasteiger partial charge in [0.2, 0.25) is 0 Å². The lowest BCUT2D eigenvalue weighted by molar-refractivity contribution is 1.78. The van der Waals surface area contributed by atoms with Gasteiger partial charge in [-0.15, -0.1) is 11.1 Å². The molecule has 0 aliphatic rings. The maximum absolute atomic E-state index is 3.76. The molecule has 0 aromatic heterocycles. The molecule has 0 nitrogen and oxygen atoms in total. The van der Waals surface area contributed by atoms with Gasteiger partial charge in [0.1, 0.15) is 16.1 Å². The first-order chi connectivity index (χ1) is 7.14. The summed E-state index contributed by atoms with van der Waals surface area (Å²) in [4.78, 5) is 0. The van der Waals surface area contributed by atoms with Crippen LogP contribution in [0.15, 0.2) is 24.3 Å². The van der Waals surface area contributed by atoms with Gasteiger partial charge in [0.25, 0.3) is 0 Å². The van der Waals surface area contributed by atoms with Crippen LogP contribution in [-0.4, -0.2) is 16.1 Å². The van der Waals surface area contributed by atoms with E-state index in [0.717, 1.165) is 5.57 Å². The molecule has 0 heterocycles. The molecule has 0 saturated carbocycles. The van der Waals surface area contributed by atoms with E-state index in [2.05, 4.69) is 68.8 Å². The molecule has 0 amide bonds. The van der Waals surface area contributed by atoms with Crippen LogP contribution < -0.4 is 0 Å². The first-order valence-corrected chi connectivity index (χ1v) is 12.5. The van der Waals surface area contributed by atoms with Crippen molar-refractivity contribution in [1.29, 1.82) is 0 Å². The van der Waals surface area contributed by atoms with E-state index in [1.54, 1.807) is 6.08 Å². The minimum atomic E-state index is -1.30. The van der Waals surface area contributed by atoms with E-state index in [1.165, 1.54) is 0 Å². The molecule has 0 aromatic carbocycles. The average Bonchev–Trinajstić information content (AvgIpc) is 2.07. The second-order valence-electron chi connectivity index (χ2n) is 5.82. The Labute approximate surface area is 103 Å². The van der Waals surface area contributed by atoms with Crippen LogP contribution in [0.1, 0.15) is 0 Å². The van der Waals surface area contributed by atoms with Crippen molar-refractivity contribution < 1.29 is 0 Å². The highest BCUT2D eigenvalue weighted by Gasteiger charge is 2.07. The topological polar surface area (TPSA) is 0 Å². The summed E-state index contributed by atoms with van der Waals surface area (Å²) in [5, 5.41) is 0. The fourth-order valence-electron chi connectivity index (χ4n) is 0.736. The Kier molecular flexibility index (Phi) is 5.58. The molecule has 0 radical (unpaired) electrons. The average molecular weight is 247 g/mol. The summed E-state index contributed by atoms with van der Waals surface area (Å²) < 4.78 is 0. The van der Waals surface area contributed by atoms with Crippen LogP contribution in [0.5, 0.6) is 0 Å². The van der Waals surface area contributed by atoms with E-state index >= 15 is 0 Å². The number of rotatable bonds is 1. The zero-order valence-corrected chi connectivity index (χ0v) is 13.4. The highest BCUT2D eigenvalue weighted by atomic mass is 28.3. The minimum Gasteiger partial charge on any atom is -0.127 e. The molecule has 86 valence electrons. The fraction of sp³-hybridized carbons (Fsp3) is 0.429. The van der Waals surface area contributed by atoms with Crippen LogP contribution in [-0.2, 0) is 0 Å². The largest absolute Gasteiger partial charge is 0.129 e. The van der Waals surface area contributed by atoms with Crippen LogP contribution in [0.2, 0.25) is 39.3 Å². The van der Waals surface area contributed by atoms with E-state index < -0.39 is 16.1 Å². The molecule has 0 fully saturated rings. The lowest BCUT2D eigenvalue weighted by atomic mass is 10.3. The standard InChI is InChI=1S/C14H22Si2/c1-8-14(11-13-16(5,6)7)10-9-12-15(2,3)4/h8,10H,1H2,2-7H3/b14-10-. The van der Waals surface area contributed by atoms with Crippen molar-refractivity contribution in [2.75, 3.05) is 0 Å². The van der Waals surface area contributed by atoms with Gasteiger partial charge in [-0.2, -0.15) is 0 Å². The molecule has 0 rings (SSSR count).